The third-order valence-corrected chi connectivity index (χ3v) is 3.59. The fourth-order valence-corrected chi connectivity index (χ4v) is 2.61. The lowest BCUT2D eigenvalue weighted by Crippen LogP contribution is -2.08. The van der Waals surface area contributed by atoms with E-state index in [0.29, 0.717) is 17.1 Å². The van der Waals surface area contributed by atoms with Crippen molar-refractivity contribution < 1.29 is 14.3 Å². The molecule has 0 radical (unpaired) electrons. The minimum atomic E-state index is -0.107. The van der Waals surface area contributed by atoms with E-state index in [1.807, 2.05) is 62.4 Å². The van der Waals surface area contributed by atoms with E-state index >= 15 is 0 Å². The molecule has 3 rings (SSSR count). The average Bonchev–Trinajstić information content (AvgIpc) is 2.84. The summed E-state index contributed by atoms with van der Waals surface area (Å²) < 4.78 is 11.3. The molecule has 2 aromatic rings. The highest BCUT2D eigenvalue weighted by molar-refractivity contribution is 6.35. The maximum absolute atomic E-state index is 12.3. The van der Waals surface area contributed by atoms with Crippen LogP contribution in [0.3, 0.4) is 0 Å². The van der Waals surface area contributed by atoms with Gasteiger partial charge in [0.05, 0.1) is 13.2 Å². The Morgan fingerprint density at radius 3 is 2.61 bits per heavy atom. The molecule has 2 aromatic carbocycles. The van der Waals surface area contributed by atoms with Crippen molar-refractivity contribution in [3.63, 3.8) is 0 Å². The molecule has 0 aliphatic carbocycles. The number of carbonyl (C=O) groups is 1. The second kappa shape index (κ2) is 6.16. The molecule has 1 amide bonds. The number of hydrogen-bond acceptors (Lipinski definition) is 3. The largest absolute Gasteiger partial charge is 0.493 e. The van der Waals surface area contributed by atoms with E-state index in [9.17, 15) is 4.79 Å². The molecule has 4 heteroatoms. The van der Waals surface area contributed by atoms with E-state index in [-0.39, 0.29) is 12.0 Å². The van der Waals surface area contributed by atoms with Crippen LogP contribution in [0.5, 0.6) is 11.5 Å². The van der Waals surface area contributed by atoms with E-state index < -0.39 is 0 Å². The van der Waals surface area contributed by atoms with Gasteiger partial charge in [-0.2, -0.15) is 0 Å². The molecule has 0 fully saturated rings. The highest BCUT2D eigenvalue weighted by atomic mass is 16.5. The van der Waals surface area contributed by atoms with Crippen LogP contribution in [-0.4, -0.2) is 19.1 Å². The Hall–Kier alpha value is -2.75. The topological polar surface area (TPSA) is 47.6 Å². The Balaban J connectivity index is 2.11. The molecule has 1 N–H and O–H groups in total. The minimum absolute atomic E-state index is 0.00754. The minimum Gasteiger partial charge on any atom is -0.493 e. The maximum atomic E-state index is 12.3. The highest BCUT2D eigenvalue weighted by Crippen LogP contribution is 2.37. The van der Waals surface area contributed by atoms with Gasteiger partial charge in [-0.15, -0.1) is 0 Å². The molecular formula is C19H19NO3. The van der Waals surface area contributed by atoms with Crippen LogP contribution in [-0.2, 0) is 4.79 Å². The summed E-state index contributed by atoms with van der Waals surface area (Å²) in [5, 5.41) is 2.88. The van der Waals surface area contributed by atoms with Gasteiger partial charge in [-0.1, -0.05) is 30.3 Å². The van der Waals surface area contributed by atoms with E-state index in [1.165, 1.54) is 0 Å². The first kappa shape index (κ1) is 15.2. The third kappa shape index (κ3) is 2.93. The van der Waals surface area contributed by atoms with Gasteiger partial charge in [0.15, 0.2) is 11.5 Å². The van der Waals surface area contributed by atoms with Gasteiger partial charge >= 0.3 is 0 Å². The Labute approximate surface area is 135 Å². The number of benzene rings is 2. The molecule has 0 saturated heterocycles. The average molecular weight is 309 g/mol. The predicted octanol–water partition coefficient (Wildman–Crippen LogP) is 3.98. The molecule has 1 aliphatic heterocycles. The van der Waals surface area contributed by atoms with Gasteiger partial charge in [-0.05, 0) is 32.1 Å². The van der Waals surface area contributed by atoms with Gasteiger partial charge in [0.25, 0.3) is 5.91 Å². The molecular weight excluding hydrogens is 290 g/mol. The molecule has 0 bridgehead atoms. The molecule has 0 aromatic heterocycles. The van der Waals surface area contributed by atoms with Crippen LogP contribution in [0, 0.1) is 0 Å². The summed E-state index contributed by atoms with van der Waals surface area (Å²) in [6.45, 7) is 3.92. The SMILES string of the molecule is COc1cccc(C=C2C(=O)Nc3ccccc32)c1OC(C)C. The van der Waals surface area contributed by atoms with Gasteiger partial charge in [0.1, 0.15) is 0 Å². The fourth-order valence-electron chi connectivity index (χ4n) is 2.61. The van der Waals surface area contributed by atoms with E-state index in [2.05, 4.69) is 5.32 Å². The number of rotatable bonds is 4. The number of nitrogens with one attached hydrogen (secondary N) is 1. The van der Waals surface area contributed by atoms with E-state index in [1.54, 1.807) is 7.11 Å². The summed E-state index contributed by atoms with van der Waals surface area (Å²) in [7, 11) is 1.61. The first-order valence-electron chi connectivity index (χ1n) is 7.56. The molecule has 0 unspecified atom stereocenters. The number of ether oxygens (including phenoxy) is 2. The maximum Gasteiger partial charge on any atom is 0.256 e. The second-order valence-electron chi connectivity index (χ2n) is 5.60. The molecule has 23 heavy (non-hydrogen) atoms. The zero-order valence-corrected chi connectivity index (χ0v) is 13.4. The zero-order chi connectivity index (χ0) is 16.4. The van der Waals surface area contributed by atoms with Crippen LogP contribution >= 0.6 is 0 Å². The van der Waals surface area contributed by atoms with Crippen LogP contribution in [0.4, 0.5) is 5.69 Å². The number of para-hydroxylation sites is 2. The second-order valence-corrected chi connectivity index (χ2v) is 5.60. The molecule has 0 atom stereocenters. The number of amides is 1. The first-order valence-corrected chi connectivity index (χ1v) is 7.56. The summed E-state index contributed by atoms with van der Waals surface area (Å²) in [4.78, 5) is 12.3. The third-order valence-electron chi connectivity index (χ3n) is 3.59. The van der Waals surface area contributed by atoms with Crippen LogP contribution < -0.4 is 14.8 Å². The van der Waals surface area contributed by atoms with Crippen molar-refractivity contribution in [2.45, 2.75) is 20.0 Å². The molecule has 1 aliphatic rings. The van der Waals surface area contributed by atoms with Crippen molar-refractivity contribution in [1.29, 1.82) is 0 Å². The van der Waals surface area contributed by atoms with Crippen molar-refractivity contribution in [1.82, 2.24) is 0 Å². The molecule has 1 heterocycles. The smallest absolute Gasteiger partial charge is 0.256 e. The van der Waals surface area contributed by atoms with Crippen molar-refractivity contribution in [2.24, 2.45) is 0 Å². The van der Waals surface area contributed by atoms with Crippen molar-refractivity contribution in [3.8, 4) is 11.5 Å². The summed E-state index contributed by atoms with van der Waals surface area (Å²) in [6.07, 6.45) is 1.86. The Morgan fingerprint density at radius 1 is 1.09 bits per heavy atom. The van der Waals surface area contributed by atoms with Crippen LogP contribution in [0.2, 0.25) is 0 Å². The molecule has 4 nitrogen and oxygen atoms in total. The van der Waals surface area contributed by atoms with Crippen molar-refractivity contribution in [3.05, 3.63) is 53.6 Å². The lowest BCUT2D eigenvalue weighted by molar-refractivity contribution is -0.110. The zero-order valence-electron chi connectivity index (χ0n) is 13.4. The lowest BCUT2D eigenvalue weighted by atomic mass is 10.0. The summed E-state index contributed by atoms with van der Waals surface area (Å²) in [5.41, 5.74) is 3.18. The standard InChI is InChI=1S/C19H19NO3/c1-12(2)23-18-13(7-6-10-17(18)22-3)11-15-14-8-4-5-9-16(14)20-19(15)21/h4-12H,1-3H3,(H,20,21). The Kier molecular flexibility index (Phi) is 4.06. The van der Waals surface area contributed by atoms with Gasteiger partial charge < -0.3 is 14.8 Å². The number of hydrogen-bond donors (Lipinski definition) is 1. The lowest BCUT2D eigenvalue weighted by Gasteiger charge is -2.16. The van der Waals surface area contributed by atoms with Crippen molar-refractivity contribution >= 4 is 23.2 Å². The van der Waals surface area contributed by atoms with E-state index in [4.69, 9.17) is 9.47 Å². The summed E-state index contributed by atoms with van der Waals surface area (Å²) in [6, 6.07) is 13.3. The number of methoxy groups -OCH3 is 1. The number of fused-ring (bicyclic) bond motifs is 1. The number of anilines is 1. The van der Waals surface area contributed by atoms with Gasteiger partial charge in [-0.3, -0.25) is 4.79 Å². The fraction of sp³-hybridized carbons (Fsp3) is 0.211. The molecule has 118 valence electrons. The van der Waals surface area contributed by atoms with Crippen molar-refractivity contribution in [2.75, 3.05) is 12.4 Å². The summed E-state index contributed by atoms with van der Waals surface area (Å²) >= 11 is 0. The van der Waals surface area contributed by atoms with Gasteiger partial charge in [-0.25, -0.2) is 0 Å². The Morgan fingerprint density at radius 2 is 1.87 bits per heavy atom. The van der Waals surface area contributed by atoms with E-state index in [0.717, 1.165) is 16.8 Å². The monoisotopic (exact) mass is 309 g/mol. The number of carbonyl (C=O) groups excluding carboxylic acids is 1. The first-order chi connectivity index (χ1) is 11.1. The van der Waals surface area contributed by atoms with Crippen LogP contribution in [0.15, 0.2) is 42.5 Å². The Bertz CT molecular complexity index is 778. The van der Waals surface area contributed by atoms with Gasteiger partial charge in [0, 0.05) is 22.4 Å². The molecule has 0 saturated carbocycles. The highest BCUT2D eigenvalue weighted by Gasteiger charge is 2.24. The van der Waals surface area contributed by atoms with Crippen LogP contribution in [0.25, 0.3) is 11.6 Å². The quantitative estimate of drug-likeness (QED) is 0.869. The van der Waals surface area contributed by atoms with Gasteiger partial charge in [0.2, 0.25) is 0 Å². The normalized spacial score (nSPS) is 14.8. The van der Waals surface area contributed by atoms with Crippen LogP contribution in [0.1, 0.15) is 25.0 Å². The predicted molar refractivity (Wildman–Crippen MR) is 91.7 cm³/mol. The molecule has 0 spiro atoms. The summed E-state index contributed by atoms with van der Waals surface area (Å²) in [5.74, 6) is 1.19.